The molecule has 0 saturated heterocycles. The molecule has 92 valence electrons. The number of carbonyl (C=O) groups is 1. The van der Waals surface area contributed by atoms with Crippen LogP contribution in [0.15, 0.2) is 30.5 Å². The van der Waals surface area contributed by atoms with E-state index in [0.717, 1.165) is 24.4 Å². The molecule has 0 radical (unpaired) electrons. The average Bonchev–Trinajstić information content (AvgIpc) is 2.83. The first-order chi connectivity index (χ1) is 8.79. The summed E-state index contributed by atoms with van der Waals surface area (Å²) < 4.78 is 6.97. The second-order valence-electron chi connectivity index (χ2n) is 4.26. The van der Waals surface area contributed by atoms with Crippen molar-refractivity contribution in [3.63, 3.8) is 0 Å². The first-order valence-corrected chi connectivity index (χ1v) is 6.13. The first kappa shape index (κ1) is 11.0. The summed E-state index contributed by atoms with van der Waals surface area (Å²) in [7, 11) is 0. The maximum atomic E-state index is 11.7. The molecule has 4 heteroatoms. The Hall–Kier alpha value is -2.10. The van der Waals surface area contributed by atoms with Crippen molar-refractivity contribution in [1.29, 1.82) is 0 Å². The Morgan fingerprint density at radius 3 is 3.06 bits per heavy atom. The molecule has 18 heavy (non-hydrogen) atoms. The number of ether oxygens (including phenoxy) is 1. The molecule has 0 amide bonds. The quantitative estimate of drug-likeness (QED) is 0.758. The molecular formula is C14H14N2O2. The van der Waals surface area contributed by atoms with Gasteiger partial charge in [0.1, 0.15) is 5.82 Å². The van der Waals surface area contributed by atoms with Gasteiger partial charge in [-0.3, -0.25) is 0 Å². The number of nitrogens with zero attached hydrogens (tertiary/aromatic N) is 2. The first-order valence-electron chi connectivity index (χ1n) is 6.13. The van der Waals surface area contributed by atoms with E-state index in [2.05, 4.69) is 17.1 Å². The van der Waals surface area contributed by atoms with Gasteiger partial charge in [0.05, 0.1) is 6.61 Å². The zero-order chi connectivity index (χ0) is 12.5. The lowest BCUT2D eigenvalue weighted by atomic mass is 10.0. The minimum absolute atomic E-state index is 0.350. The largest absolute Gasteiger partial charge is 0.461 e. The third-order valence-electron chi connectivity index (χ3n) is 3.13. The number of carbonyl (C=O) groups excluding carboxylic acids is 1. The number of aryl methyl sites for hydroxylation is 2. The Bertz CT molecular complexity index is 602. The predicted octanol–water partition coefficient (Wildman–Crippen LogP) is 2.15. The topological polar surface area (TPSA) is 44.1 Å². The van der Waals surface area contributed by atoms with Crippen LogP contribution in [-0.2, 0) is 17.6 Å². The van der Waals surface area contributed by atoms with Crippen LogP contribution in [0.5, 0.6) is 0 Å². The summed E-state index contributed by atoms with van der Waals surface area (Å²) in [6, 6.07) is 8.20. The predicted molar refractivity (Wildman–Crippen MR) is 66.9 cm³/mol. The van der Waals surface area contributed by atoms with E-state index < -0.39 is 0 Å². The highest BCUT2D eigenvalue weighted by atomic mass is 16.5. The molecule has 0 unspecified atom stereocenters. The van der Waals surface area contributed by atoms with Crippen LogP contribution in [0.3, 0.4) is 0 Å². The lowest BCUT2D eigenvalue weighted by Crippen LogP contribution is -2.11. The number of rotatable bonds is 2. The summed E-state index contributed by atoms with van der Waals surface area (Å²) in [6.07, 6.45) is 3.59. The molecule has 1 aliphatic heterocycles. The normalized spacial score (nSPS) is 12.7. The Morgan fingerprint density at radius 2 is 2.22 bits per heavy atom. The van der Waals surface area contributed by atoms with Gasteiger partial charge in [-0.25, -0.2) is 9.78 Å². The van der Waals surface area contributed by atoms with Crippen molar-refractivity contribution in [3.05, 3.63) is 47.5 Å². The minimum atomic E-state index is -0.350. The van der Waals surface area contributed by atoms with Crippen LogP contribution in [0.1, 0.15) is 28.8 Å². The van der Waals surface area contributed by atoms with Crippen molar-refractivity contribution in [3.8, 4) is 5.69 Å². The molecular weight excluding hydrogens is 228 g/mol. The van der Waals surface area contributed by atoms with Crippen molar-refractivity contribution < 1.29 is 9.53 Å². The zero-order valence-corrected chi connectivity index (χ0v) is 10.2. The van der Waals surface area contributed by atoms with Gasteiger partial charge in [-0.2, -0.15) is 0 Å². The van der Waals surface area contributed by atoms with Gasteiger partial charge >= 0.3 is 5.97 Å². The van der Waals surface area contributed by atoms with Gasteiger partial charge in [-0.15, -0.1) is 0 Å². The Morgan fingerprint density at radius 1 is 1.39 bits per heavy atom. The van der Waals surface area contributed by atoms with Crippen LogP contribution in [0.4, 0.5) is 0 Å². The van der Waals surface area contributed by atoms with Gasteiger partial charge < -0.3 is 9.30 Å². The molecule has 1 aromatic carbocycles. The highest BCUT2D eigenvalue weighted by Crippen LogP contribution is 2.24. The Labute approximate surface area is 105 Å². The fourth-order valence-electron chi connectivity index (χ4n) is 2.31. The maximum absolute atomic E-state index is 11.7. The second kappa shape index (κ2) is 4.29. The van der Waals surface area contributed by atoms with Crippen LogP contribution < -0.4 is 0 Å². The van der Waals surface area contributed by atoms with E-state index in [0.29, 0.717) is 12.3 Å². The maximum Gasteiger partial charge on any atom is 0.358 e. The molecule has 1 aliphatic rings. The molecule has 1 aromatic heterocycles. The van der Waals surface area contributed by atoms with Gasteiger partial charge in [0.2, 0.25) is 0 Å². The van der Waals surface area contributed by atoms with Crippen LogP contribution in [0.25, 0.3) is 5.69 Å². The summed E-state index contributed by atoms with van der Waals surface area (Å²) in [5.74, 6) is 0.577. The van der Waals surface area contributed by atoms with E-state index in [9.17, 15) is 4.79 Å². The highest BCUT2D eigenvalue weighted by molar-refractivity contribution is 5.87. The summed E-state index contributed by atoms with van der Waals surface area (Å²) in [4.78, 5) is 16.0. The molecule has 0 bridgehead atoms. The van der Waals surface area contributed by atoms with Crippen molar-refractivity contribution in [1.82, 2.24) is 9.55 Å². The van der Waals surface area contributed by atoms with Crippen LogP contribution in [-0.4, -0.2) is 22.1 Å². The number of benzene rings is 1. The van der Waals surface area contributed by atoms with Crippen molar-refractivity contribution in [2.45, 2.75) is 19.8 Å². The molecule has 0 atom stereocenters. The van der Waals surface area contributed by atoms with Gasteiger partial charge in [0.15, 0.2) is 5.69 Å². The number of hydrogen-bond donors (Lipinski definition) is 0. The fourth-order valence-corrected chi connectivity index (χ4v) is 2.31. The third kappa shape index (κ3) is 1.70. The molecule has 2 heterocycles. The van der Waals surface area contributed by atoms with Gasteiger partial charge in [-0.05, 0) is 25.0 Å². The fraction of sp³-hybridized carbons (Fsp3) is 0.286. The standard InChI is InChI=1S/C14H14N2O2/c1-2-18-14(17)11-9-16-12-6-4-3-5-10(12)7-8-13(16)15-11/h3-6,9H,2,7-8H2,1H3. The van der Waals surface area contributed by atoms with Gasteiger partial charge in [-0.1, -0.05) is 18.2 Å². The molecule has 0 aliphatic carbocycles. The third-order valence-corrected chi connectivity index (χ3v) is 3.13. The lowest BCUT2D eigenvalue weighted by molar-refractivity contribution is 0.0520. The lowest BCUT2D eigenvalue weighted by Gasteiger charge is -2.17. The zero-order valence-electron chi connectivity index (χ0n) is 10.2. The van der Waals surface area contributed by atoms with Crippen molar-refractivity contribution in [2.24, 2.45) is 0 Å². The molecule has 0 saturated carbocycles. The van der Waals surface area contributed by atoms with E-state index in [1.165, 1.54) is 5.56 Å². The number of para-hydroxylation sites is 1. The van der Waals surface area contributed by atoms with Crippen LogP contribution in [0, 0.1) is 0 Å². The molecule has 4 nitrogen and oxygen atoms in total. The van der Waals surface area contributed by atoms with E-state index in [1.54, 1.807) is 13.1 Å². The molecule has 3 rings (SSSR count). The highest BCUT2D eigenvalue weighted by Gasteiger charge is 2.20. The number of esters is 1. The molecule has 0 spiro atoms. The summed E-state index contributed by atoms with van der Waals surface area (Å²) in [5, 5.41) is 0. The number of hydrogen-bond acceptors (Lipinski definition) is 3. The molecule has 0 N–H and O–H groups in total. The Kier molecular flexibility index (Phi) is 2.63. The van der Waals surface area contributed by atoms with E-state index in [-0.39, 0.29) is 5.97 Å². The summed E-state index contributed by atoms with van der Waals surface area (Å²) in [5.41, 5.74) is 2.79. The van der Waals surface area contributed by atoms with Gasteiger partial charge in [0.25, 0.3) is 0 Å². The number of imidazole rings is 1. The van der Waals surface area contributed by atoms with Crippen molar-refractivity contribution >= 4 is 5.97 Å². The van der Waals surface area contributed by atoms with Gasteiger partial charge in [0, 0.05) is 18.3 Å². The molecule has 2 aromatic rings. The minimum Gasteiger partial charge on any atom is -0.461 e. The monoisotopic (exact) mass is 242 g/mol. The Balaban J connectivity index is 2.04. The summed E-state index contributed by atoms with van der Waals surface area (Å²) >= 11 is 0. The smallest absolute Gasteiger partial charge is 0.358 e. The van der Waals surface area contributed by atoms with E-state index >= 15 is 0 Å². The van der Waals surface area contributed by atoms with Crippen LogP contribution in [0.2, 0.25) is 0 Å². The number of aromatic nitrogens is 2. The van der Waals surface area contributed by atoms with Crippen molar-refractivity contribution in [2.75, 3.05) is 6.61 Å². The second-order valence-corrected chi connectivity index (χ2v) is 4.26. The molecule has 0 fully saturated rings. The van der Waals surface area contributed by atoms with E-state index in [1.807, 2.05) is 16.7 Å². The summed E-state index contributed by atoms with van der Waals surface area (Å²) in [6.45, 7) is 2.17. The average molecular weight is 242 g/mol. The van der Waals surface area contributed by atoms with E-state index in [4.69, 9.17) is 4.74 Å². The van der Waals surface area contributed by atoms with Crippen LogP contribution >= 0.6 is 0 Å². The SMILES string of the molecule is CCOC(=O)c1cn2c(n1)CCc1ccccc1-2. The number of fused-ring (bicyclic) bond motifs is 3.